The van der Waals surface area contributed by atoms with Crippen molar-refractivity contribution in [3.63, 3.8) is 0 Å². The highest BCUT2D eigenvalue weighted by atomic mass is 16.4. The van der Waals surface area contributed by atoms with E-state index in [1.54, 1.807) is 18.5 Å². The Labute approximate surface area is 121 Å². The summed E-state index contributed by atoms with van der Waals surface area (Å²) in [6.07, 6.45) is 2.05. The molecule has 3 unspecified atom stereocenters. The van der Waals surface area contributed by atoms with Gasteiger partial charge in [0.1, 0.15) is 0 Å². The topological polar surface area (TPSA) is 140 Å². The first-order valence-corrected chi connectivity index (χ1v) is 6.51. The molecule has 1 aliphatic heterocycles. The SMILES string of the molecule is CC1CN(c2ccncc2N)CC(NC(=O)O)C1N=[N+]=[N-]. The van der Waals surface area contributed by atoms with Crippen LogP contribution in [-0.4, -0.2) is 41.4 Å². The second-order valence-corrected chi connectivity index (χ2v) is 5.07. The van der Waals surface area contributed by atoms with Crippen LogP contribution in [0.3, 0.4) is 0 Å². The molecule has 1 aromatic heterocycles. The average Bonchev–Trinajstić information content (AvgIpc) is 2.42. The van der Waals surface area contributed by atoms with Gasteiger partial charge in [0.25, 0.3) is 0 Å². The molecule has 21 heavy (non-hydrogen) atoms. The molecule has 1 aliphatic rings. The van der Waals surface area contributed by atoms with Crippen LogP contribution in [0.1, 0.15) is 6.92 Å². The molecule has 1 amide bonds. The molecule has 1 aromatic rings. The van der Waals surface area contributed by atoms with E-state index in [-0.39, 0.29) is 5.92 Å². The van der Waals surface area contributed by atoms with E-state index in [4.69, 9.17) is 16.4 Å². The molecular formula is C12H17N7O2. The van der Waals surface area contributed by atoms with Crippen LogP contribution < -0.4 is 16.0 Å². The van der Waals surface area contributed by atoms with Crippen molar-refractivity contribution in [3.05, 3.63) is 28.9 Å². The number of nitrogens with one attached hydrogen (secondary N) is 1. The third-order valence-electron chi connectivity index (χ3n) is 3.58. The van der Waals surface area contributed by atoms with Crippen LogP contribution in [0.15, 0.2) is 23.6 Å². The van der Waals surface area contributed by atoms with Gasteiger partial charge in [-0.05, 0) is 17.5 Å². The molecule has 4 N–H and O–H groups in total. The molecule has 9 nitrogen and oxygen atoms in total. The van der Waals surface area contributed by atoms with E-state index in [0.29, 0.717) is 18.8 Å². The van der Waals surface area contributed by atoms with Crippen molar-refractivity contribution in [2.45, 2.75) is 19.0 Å². The normalized spacial score (nSPS) is 25.0. The van der Waals surface area contributed by atoms with E-state index in [0.717, 1.165) is 5.69 Å². The van der Waals surface area contributed by atoms with Crippen molar-refractivity contribution < 1.29 is 9.90 Å². The zero-order chi connectivity index (χ0) is 15.4. The minimum Gasteiger partial charge on any atom is -0.465 e. The number of pyridine rings is 1. The minimum absolute atomic E-state index is 0.0148. The highest BCUT2D eigenvalue weighted by Gasteiger charge is 2.35. The number of nitrogens with two attached hydrogens (primary N) is 1. The van der Waals surface area contributed by atoms with Gasteiger partial charge >= 0.3 is 6.09 Å². The van der Waals surface area contributed by atoms with Crippen LogP contribution in [0.4, 0.5) is 16.2 Å². The van der Waals surface area contributed by atoms with E-state index >= 15 is 0 Å². The summed E-state index contributed by atoms with van der Waals surface area (Å²) >= 11 is 0. The predicted molar refractivity (Wildman–Crippen MR) is 77.9 cm³/mol. The molecule has 0 aliphatic carbocycles. The van der Waals surface area contributed by atoms with Gasteiger partial charge in [0.2, 0.25) is 0 Å². The number of nitrogen functional groups attached to an aromatic ring is 1. The number of azide groups is 1. The number of hydrogen-bond acceptors (Lipinski definition) is 5. The van der Waals surface area contributed by atoms with Crippen LogP contribution in [-0.2, 0) is 0 Å². The van der Waals surface area contributed by atoms with Gasteiger partial charge in [-0.25, -0.2) is 4.79 Å². The van der Waals surface area contributed by atoms with Crippen molar-refractivity contribution >= 4 is 17.5 Å². The Bertz CT molecular complexity index is 572. The molecule has 1 saturated heterocycles. The molecule has 0 bridgehead atoms. The maximum Gasteiger partial charge on any atom is 0.404 e. The predicted octanol–water partition coefficient (Wildman–Crippen LogP) is 1.44. The fraction of sp³-hybridized carbons (Fsp3) is 0.500. The number of piperidine rings is 1. The lowest BCUT2D eigenvalue weighted by atomic mass is 9.90. The van der Waals surface area contributed by atoms with Crippen LogP contribution >= 0.6 is 0 Å². The van der Waals surface area contributed by atoms with Crippen LogP contribution in [0, 0.1) is 5.92 Å². The number of rotatable bonds is 3. The van der Waals surface area contributed by atoms with Gasteiger partial charge in [-0.2, -0.15) is 0 Å². The quantitative estimate of drug-likeness (QED) is 0.439. The molecule has 0 radical (unpaired) electrons. The van der Waals surface area contributed by atoms with Gasteiger partial charge in [0.15, 0.2) is 0 Å². The fourth-order valence-electron chi connectivity index (χ4n) is 2.70. The number of carbonyl (C=O) groups is 1. The zero-order valence-electron chi connectivity index (χ0n) is 11.5. The van der Waals surface area contributed by atoms with Gasteiger partial charge in [-0.15, -0.1) is 0 Å². The van der Waals surface area contributed by atoms with Crippen molar-refractivity contribution in [2.75, 3.05) is 23.7 Å². The molecule has 112 valence electrons. The molecule has 9 heteroatoms. The van der Waals surface area contributed by atoms with E-state index in [9.17, 15) is 4.79 Å². The maximum atomic E-state index is 10.9. The Balaban J connectivity index is 2.26. The Morgan fingerprint density at radius 3 is 3.05 bits per heavy atom. The number of nitrogens with zero attached hydrogens (tertiary/aromatic N) is 5. The minimum atomic E-state index is -1.14. The Kier molecular flexibility index (Phi) is 4.34. The first-order chi connectivity index (χ1) is 10.0. The van der Waals surface area contributed by atoms with Gasteiger partial charge in [0, 0.05) is 24.2 Å². The van der Waals surface area contributed by atoms with Crippen molar-refractivity contribution in [1.29, 1.82) is 0 Å². The molecule has 3 atom stereocenters. The summed E-state index contributed by atoms with van der Waals surface area (Å²) < 4.78 is 0. The average molecular weight is 291 g/mol. The lowest BCUT2D eigenvalue weighted by molar-refractivity contribution is 0.182. The van der Waals surface area contributed by atoms with Crippen molar-refractivity contribution in [1.82, 2.24) is 10.3 Å². The molecule has 1 fully saturated rings. The third-order valence-corrected chi connectivity index (χ3v) is 3.58. The number of hydrogen-bond donors (Lipinski definition) is 3. The Morgan fingerprint density at radius 2 is 2.43 bits per heavy atom. The van der Waals surface area contributed by atoms with Crippen LogP contribution in [0.5, 0.6) is 0 Å². The summed E-state index contributed by atoms with van der Waals surface area (Å²) in [5.41, 5.74) is 15.9. The fourth-order valence-corrected chi connectivity index (χ4v) is 2.70. The second kappa shape index (κ2) is 6.19. The molecule has 0 spiro atoms. The highest BCUT2D eigenvalue weighted by molar-refractivity contribution is 5.68. The summed E-state index contributed by atoms with van der Waals surface area (Å²) in [6.45, 7) is 2.92. The summed E-state index contributed by atoms with van der Waals surface area (Å²) in [5, 5.41) is 15.1. The number of aromatic nitrogens is 1. The number of amides is 1. The second-order valence-electron chi connectivity index (χ2n) is 5.07. The van der Waals surface area contributed by atoms with E-state index in [1.807, 2.05) is 11.8 Å². The van der Waals surface area contributed by atoms with Gasteiger partial charge in [-0.3, -0.25) is 4.98 Å². The van der Waals surface area contributed by atoms with E-state index in [1.165, 1.54) is 0 Å². The summed E-state index contributed by atoms with van der Waals surface area (Å²) in [4.78, 5) is 19.7. The largest absolute Gasteiger partial charge is 0.465 e. The monoisotopic (exact) mass is 291 g/mol. The standard InChI is InChI=1S/C12H17N7O2/c1-7-5-19(10-2-3-15-4-8(10)13)6-9(16-12(20)21)11(7)17-18-14/h2-4,7,9,11,16H,5-6,13H2,1H3,(H,20,21). The first-order valence-electron chi connectivity index (χ1n) is 6.51. The third kappa shape index (κ3) is 3.26. The number of carboxylic acid groups (broad SMARTS) is 1. The Morgan fingerprint density at radius 1 is 1.67 bits per heavy atom. The number of anilines is 2. The van der Waals surface area contributed by atoms with E-state index in [2.05, 4.69) is 20.3 Å². The molecular weight excluding hydrogens is 274 g/mol. The summed E-state index contributed by atoms with van der Waals surface area (Å²) in [6, 6.07) is 0.869. The summed E-state index contributed by atoms with van der Waals surface area (Å²) in [7, 11) is 0. The molecule has 2 heterocycles. The Hall–Kier alpha value is -2.67. The highest BCUT2D eigenvalue weighted by Crippen LogP contribution is 2.28. The van der Waals surface area contributed by atoms with Gasteiger partial charge in [0.05, 0.1) is 29.7 Å². The molecule has 2 rings (SSSR count). The first kappa shape index (κ1) is 14.7. The van der Waals surface area contributed by atoms with Crippen LogP contribution in [0.25, 0.3) is 10.4 Å². The van der Waals surface area contributed by atoms with Crippen molar-refractivity contribution in [3.8, 4) is 0 Å². The van der Waals surface area contributed by atoms with Crippen molar-refractivity contribution in [2.24, 2.45) is 11.0 Å². The van der Waals surface area contributed by atoms with Crippen LogP contribution in [0.2, 0.25) is 0 Å². The maximum absolute atomic E-state index is 10.9. The van der Waals surface area contributed by atoms with E-state index < -0.39 is 18.2 Å². The lowest BCUT2D eigenvalue weighted by Crippen LogP contribution is -2.58. The smallest absolute Gasteiger partial charge is 0.404 e. The lowest BCUT2D eigenvalue weighted by Gasteiger charge is -2.41. The van der Waals surface area contributed by atoms with Gasteiger partial charge in [-0.1, -0.05) is 12.0 Å². The van der Waals surface area contributed by atoms with Gasteiger partial charge < -0.3 is 21.1 Å². The molecule has 0 saturated carbocycles. The zero-order valence-corrected chi connectivity index (χ0v) is 11.5. The molecule has 0 aromatic carbocycles. The summed E-state index contributed by atoms with van der Waals surface area (Å²) in [5.74, 6) is -0.0148.